The lowest BCUT2D eigenvalue weighted by molar-refractivity contribution is -0.149. The summed E-state index contributed by atoms with van der Waals surface area (Å²) in [6, 6.07) is 7.96. The summed E-state index contributed by atoms with van der Waals surface area (Å²) < 4.78 is 5.14. The van der Waals surface area contributed by atoms with Crippen molar-refractivity contribution in [2.75, 3.05) is 38.7 Å². The van der Waals surface area contributed by atoms with Crippen molar-refractivity contribution in [2.24, 2.45) is 5.92 Å². The Morgan fingerprint density at radius 3 is 2.79 bits per heavy atom. The number of carbonyl (C=O) groups is 2. The molecule has 1 aromatic heterocycles. The highest BCUT2D eigenvalue weighted by Crippen LogP contribution is 2.25. The Morgan fingerprint density at radius 2 is 2.10 bits per heavy atom. The van der Waals surface area contributed by atoms with Gasteiger partial charge in [0.15, 0.2) is 5.82 Å². The lowest BCUT2D eigenvalue weighted by Crippen LogP contribution is -2.43. The van der Waals surface area contributed by atoms with Crippen molar-refractivity contribution < 1.29 is 14.3 Å². The molecule has 29 heavy (non-hydrogen) atoms. The van der Waals surface area contributed by atoms with Crippen LogP contribution in [0.3, 0.4) is 0 Å². The van der Waals surface area contributed by atoms with Crippen LogP contribution in [0.25, 0.3) is 11.4 Å². The number of hydrogen-bond acceptors (Lipinski definition) is 6. The van der Waals surface area contributed by atoms with Crippen LogP contribution in [-0.4, -0.2) is 60.5 Å². The van der Waals surface area contributed by atoms with Gasteiger partial charge in [-0.25, -0.2) is 9.97 Å². The summed E-state index contributed by atoms with van der Waals surface area (Å²) in [5.41, 5.74) is 2.47. The largest absolute Gasteiger partial charge is 0.466 e. The van der Waals surface area contributed by atoms with Crippen LogP contribution in [-0.2, 0) is 9.53 Å². The number of ether oxygens (including phenoxy) is 1. The first-order chi connectivity index (χ1) is 13.9. The van der Waals surface area contributed by atoms with Gasteiger partial charge >= 0.3 is 5.97 Å². The zero-order valence-electron chi connectivity index (χ0n) is 17.5. The molecule has 0 N–H and O–H groups in total. The summed E-state index contributed by atoms with van der Waals surface area (Å²) in [5.74, 6) is 0.488. The summed E-state index contributed by atoms with van der Waals surface area (Å²) in [7, 11) is 3.72. The fourth-order valence-corrected chi connectivity index (χ4v) is 3.57. The van der Waals surface area contributed by atoms with Crippen molar-refractivity contribution in [1.82, 2.24) is 14.9 Å². The van der Waals surface area contributed by atoms with Crippen molar-refractivity contribution in [2.45, 2.75) is 26.7 Å². The number of nitrogens with zero attached hydrogens (tertiary/aromatic N) is 4. The van der Waals surface area contributed by atoms with E-state index >= 15 is 0 Å². The van der Waals surface area contributed by atoms with Gasteiger partial charge in [0, 0.05) is 38.9 Å². The fourth-order valence-electron chi connectivity index (χ4n) is 3.57. The molecule has 1 aromatic carbocycles. The zero-order valence-corrected chi connectivity index (χ0v) is 17.5. The number of aryl methyl sites for hydroxylation is 1. The van der Waals surface area contributed by atoms with E-state index in [4.69, 9.17) is 4.74 Å². The molecule has 1 atom stereocenters. The summed E-state index contributed by atoms with van der Waals surface area (Å²) in [5, 5.41) is 0. The number of hydrogen-bond donors (Lipinski definition) is 0. The number of likely N-dealkylation sites (tertiary alicyclic amines) is 1. The quantitative estimate of drug-likeness (QED) is 0.724. The van der Waals surface area contributed by atoms with Gasteiger partial charge in [-0.1, -0.05) is 23.8 Å². The number of rotatable bonds is 5. The summed E-state index contributed by atoms with van der Waals surface area (Å²) >= 11 is 0. The minimum atomic E-state index is -0.275. The van der Waals surface area contributed by atoms with Gasteiger partial charge in [-0.3, -0.25) is 9.59 Å². The molecule has 2 aromatic rings. The van der Waals surface area contributed by atoms with Crippen molar-refractivity contribution >= 4 is 17.7 Å². The minimum absolute atomic E-state index is 0.154. The van der Waals surface area contributed by atoms with Gasteiger partial charge in [-0.2, -0.15) is 0 Å². The fraction of sp³-hybridized carbons (Fsp3) is 0.455. The molecule has 7 heteroatoms. The minimum Gasteiger partial charge on any atom is -0.466 e. The van der Waals surface area contributed by atoms with Gasteiger partial charge in [-0.15, -0.1) is 0 Å². The first-order valence-electron chi connectivity index (χ1n) is 9.98. The third-order valence-electron chi connectivity index (χ3n) is 5.03. The molecule has 1 amide bonds. The van der Waals surface area contributed by atoms with Crippen LogP contribution in [0.4, 0.5) is 5.82 Å². The third-order valence-corrected chi connectivity index (χ3v) is 5.03. The molecule has 0 spiro atoms. The van der Waals surface area contributed by atoms with Crippen LogP contribution in [0.1, 0.15) is 35.7 Å². The Balaban J connectivity index is 1.87. The molecule has 1 fully saturated rings. The smallest absolute Gasteiger partial charge is 0.310 e. The molecule has 1 unspecified atom stereocenters. The number of amides is 1. The second-order valence-corrected chi connectivity index (χ2v) is 7.54. The normalized spacial score (nSPS) is 16.4. The van der Waals surface area contributed by atoms with Gasteiger partial charge in [0.1, 0.15) is 11.4 Å². The molecule has 7 nitrogen and oxygen atoms in total. The first kappa shape index (κ1) is 20.8. The van der Waals surface area contributed by atoms with Crippen LogP contribution in [0.15, 0.2) is 30.5 Å². The van der Waals surface area contributed by atoms with Gasteiger partial charge in [-0.05, 0) is 32.8 Å². The number of anilines is 1. The van der Waals surface area contributed by atoms with E-state index in [-0.39, 0.29) is 17.8 Å². The van der Waals surface area contributed by atoms with Gasteiger partial charge < -0.3 is 14.5 Å². The molecule has 1 aliphatic heterocycles. The highest BCUT2D eigenvalue weighted by atomic mass is 16.5. The molecule has 2 heterocycles. The molecule has 0 bridgehead atoms. The maximum absolute atomic E-state index is 13.2. The van der Waals surface area contributed by atoms with E-state index in [2.05, 4.69) is 9.97 Å². The van der Waals surface area contributed by atoms with Crippen LogP contribution in [0.2, 0.25) is 0 Å². The topological polar surface area (TPSA) is 75.6 Å². The molecule has 0 saturated carbocycles. The van der Waals surface area contributed by atoms with Gasteiger partial charge in [0.25, 0.3) is 5.91 Å². The van der Waals surface area contributed by atoms with E-state index in [9.17, 15) is 9.59 Å². The molecule has 1 saturated heterocycles. The summed E-state index contributed by atoms with van der Waals surface area (Å²) in [4.78, 5) is 38.0. The Bertz CT molecular complexity index is 897. The van der Waals surface area contributed by atoms with E-state index in [1.54, 1.807) is 18.0 Å². The zero-order chi connectivity index (χ0) is 21.0. The number of esters is 1. The molecule has 3 rings (SSSR count). The second-order valence-electron chi connectivity index (χ2n) is 7.54. The van der Waals surface area contributed by atoms with Crippen LogP contribution in [0, 0.1) is 12.8 Å². The van der Waals surface area contributed by atoms with Gasteiger partial charge in [0.2, 0.25) is 0 Å². The van der Waals surface area contributed by atoms with Crippen LogP contribution >= 0.6 is 0 Å². The van der Waals surface area contributed by atoms with E-state index in [1.807, 2.05) is 50.2 Å². The number of aromatic nitrogens is 2. The Morgan fingerprint density at radius 1 is 1.31 bits per heavy atom. The second kappa shape index (κ2) is 9.03. The Hall–Kier alpha value is -2.96. The maximum Gasteiger partial charge on any atom is 0.310 e. The van der Waals surface area contributed by atoms with Crippen molar-refractivity contribution in [1.29, 1.82) is 0 Å². The average molecular weight is 396 g/mol. The predicted molar refractivity (Wildman–Crippen MR) is 112 cm³/mol. The number of benzene rings is 1. The van der Waals surface area contributed by atoms with Crippen molar-refractivity contribution in [3.63, 3.8) is 0 Å². The summed E-state index contributed by atoms with van der Waals surface area (Å²) in [6.07, 6.45) is 3.11. The van der Waals surface area contributed by atoms with E-state index < -0.39 is 0 Å². The Labute approximate surface area is 171 Å². The molecule has 0 aliphatic carbocycles. The molecule has 0 radical (unpaired) electrons. The Kier molecular flexibility index (Phi) is 6.46. The molecular weight excluding hydrogens is 368 g/mol. The van der Waals surface area contributed by atoms with Crippen LogP contribution in [0.5, 0.6) is 0 Å². The van der Waals surface area contributed by atoms with Crippen molar-refractivity contribution in [3.8, 4) is 11.4 Å². The molecule has 154 valence electrons. The third kappa shape index (κ3) is 4.72. The van der Waals surface area contributed by atoms with Gasteiger partial charge in [0.05, 0.1) is 12.5 Å². The standard InChI is InChI=1S/C22H28N4O3/c1-5-29-22(28)17-10-7-11-26(14-17)21(27)18-13-23-19(24-20(18)25(3)4)16-9-6-8-15(2)12-16/h6,8-9,12-13,17H,5,7,10-11,14H2,1-4H3. The SMILES string of the molecule is CCOC(=O)C1CCCN(C(=O)c2cnc(-c3cccc(C)c3)nc2N(C)C)C1. The number of piperidine rings is 1. The maximum atomic E-state index is 13.2. The van der Waals surface area contributed by atoms with Crippen LogP contribution < -0.4 is 4.90 Å². The predicted octanol–water partition coefficient (Wildman–Crippen LogP) is 2.93. The lowest BCUT2D eigenvalue weighted by Gasteiger charge is -2.32. The number of carbonyl (C=O) groups excluding carboxylic acids is 2. The highest BCUT2D eigenvalue weighted by Gasteiger charge is 2.31. The first-order valence-corrected chi connectivity index (χ1v) is 9.98. The summed E-state index contributed by atoms with van der Waals surface area (Å²) in [6.45, 7) is 5.14. The van der Waals surface area contributed by atoms with E-state index in [1.165, 1.54) is 0 Å². The van der Waals surface area contributed by atoms with Crippen molar-refractivity contribution in [3.05, 3.63) is 41.6 Å². The highest BCUT2D eigenvalue weighted by molar-refractivity contribution is 5.99. The van der Waals surface area contributed by atoms with E-state index in [0.717, 1.165) is 24.0 Å². The monoisotopic (exact) mass is 396 g/mol. The average Bonchev–Trinajstić information content (AvgIpc) is 2.73. The lowest BCUT2D eigenvalue weighted by atomic mass is 9.97. The molecule has 1 aliphatic rings. The van der Waals surface area contributed by atoms with E-state index in [0.29, 0.717) is 36.9 Å². The molecular formula is C22H28N4O3.